The van der Waals surface area contributed by atoms with Crippen molar-refractivity contribution in [1.29, 1.82) is 0 Å². The molecule has 2 aromatic carbocycles. The first-order chi connectivity index (χ1) is 11.6. The number of amides is 1. The molecular formula is C19H20F3NOS. The smallest absolute Gasteiger partial charge is 0.325 e. The monoisotopic (exact) mass is 367 g/mol. The summed E-state index contributed by atoms with van der Waals surface area (Å²) in [6.07, 6.45) is -4.39. The SMILES string of the molecule is Cc1cc(C)c(NC(=O)[C@@H](C)Sc2cccc(C(F)(F)F)c2)c(C)c1. The van der Waals surface area contributed by atoms with Crippen LogP contribution < -0.4 is 5.32 Å². The summed E-state index contributed by atoms with van der Waals surface area (Å²) in [4.78, 5) is 12.8. The van der Waals surface area contributed by atoms with Gasteiger partial charge in [-0.25, -0.2) is 0 Å². The van der Waals surface area contributed by atoms with Crippen LogP contribution in [0.25, 0.3) is 0 Å². The van der Waals surface area contributed by atoms with Gasteiger partial charge in [-0.15, -0.1) is 11.8 Å². The number of alkyl halides is 3. The van der Waals surface area contributed by atoms with Crippen LogP contribution in [0.3, 0.4) is 0 Å². The highest BCUT2D eigenvalue weighted by Crippen LogP contribution is 2.33. The predicted octanol–water partition coefficient (Wildman–Crippen LogP) is 5.75. The molecule has 0 saturated heterocycles. The van der Waals surface area contributed by atoms with E-state index in [0.717, 1.165) is 46.3 Å². The fourth-order valence-electron chi connectivity index (χ4n) is 2.61. The number of hydrogen-bond donors (Lipinski definition) is 1. The van der Waals surface area contributed by atoms with Gasteiger partial charge in [-0.1, -0.05) is 23.8 Å². The lowest BCUT2D eigenvalue weighted by atomic mass is 10.1. The average Bonchev–Trinajstić information content (AvgIpc) is 2.50. The van der Waals surface area contributed by atoms with E-state index in [1.54, 1.807) is 13.0 Å². The summed E-state index contributed by atoms with van der Waals surface area (Å²) in [6, 6.07) is 8.97. The molecule has 1 N–H and O–H groups in total. The van der Waals surface area contributed by atoms with Gasteiger partial charge in [0, 0.05) is 10.6 Å². The number of benzene rings is 2. The van der Waals surface area contributed by atoms with Crippen molar-refractivity contribution in [2.75, 3.05) is 5.32 Å². The maximum Gasteiger partial charge on any atom is 0.416 e. The van der Waals surface area contributed by atoms with Crippen molar-refractivity contribution in [2.24, 2.45) is 0 Å². The van der Waals surface area contributed by atoms with Crippen molar-refractivity contribution < 1.29 is 18.0 Å². The Bertz CT molecular complexity index is 763. The maximum absolute atomic E-state index is 12.8. The number of carbonyl (C=O) groups excluding carboxylic acids is 1. The Morgan fingerprint density at radius 2 is 1.68 bits per heavy atom. The molecule has 2 nitrogen and oxygen atoms in total. The molecule has 0 aromatic heterocycles. The molecule has 1 amide bonds. The molecule has 0 unspecified atom stereocenters. The molecule has 0 aliphatic heterocycles. The Balaban J connectivity index is 2.11. The summed E-state index contributed by atoms with van der Waals surface area (Å²) in [5, 5.41) is 2.36. The molecule has 25 heavy (non-hydrogen) atoms. The second kappa shape index (κ2) is 7.52. The van der Waals surface area contributed by atoms with E-state index in [0.29, 0.717) is 4.90 Å². The normalized spacial score (nSPS) is 12.8. The van der Waals surface area contributed by atoms with Crippen LogP contribution in [0.15, 0.2) is 41.3 Å². The highest BCUT2D eigenvalue weighted by Gasteiger charge is 2.30. The van der Waals surface area contributed by atoms with E-state index in [-0.39, 0.29) is 5.91 Å². The minimum absolute atomic E-state index is 0.238. The minimum atomic E-state index is -4.39. The first-order valence-corrected chi connectivity index (χ1v) is 8.68. The van der Waals surface area contributed by atoms with Crippen molar-refractivity contribution in [3.05, 3.63) is 58.7 Å². The highest BCUT2D eigenvalue weighted by atomic mass is 32.2. The zero-order valence-corrected chi connectivity index (χ0v) is 15.3. The Labute approximate surface area is 149 Å². The number of rotatable bonds is 4. The first kappa shape index (κ1) is 19.4. The van der Waals surface area contributed by atoms with Gasteiger partial charge >= 0.3 is 6.18 Å². The number of aryl methyl sites for hydroxylation is 3. The summed E-state index contributed by atoms with van der Waals surface area (Å²) in [7, 11) is 0. The van der Waals surface area contributed by atoms with Crippen LogP contribution >= 0.6 is 11.8 Å². The largest absolute Gasteiger partial charge is 0.416 e. The summed E-state index contributed by atoms with van der Waals surface area (Å²) in [6.45, 7) is 7.50. The van der Waals surface area contributed by atoms with Gasteiger partial charge in [-0.3, -0.25) is 4.79 Å². The van der Waals surface area contributed by atoms with Crippen molar-refractivity contribution in [3.63, 3.8) is 0 Å². The molecule has 0 fully saturated rings. The highest BCUT2D eigenvalue weighted by molar-refractivity contribution is 8.00. The predicted molar refractivity (Wildman–Crippen MR) is 96.0 cm³/mol. The quantitative estimate of drug-likeness (QED) is 0.697. The standard InChI is InChI=1S/C19H20F3NOS/c1-11-8-12(2)17(13(3)9-11)23-18(24)14(4)25-16-7-5-6-15(10-16)19(20,21)22/h5-10,14H,1-4H3,(H,23,24)/t14-/m1/s1. The number of carbonyl (C=O) groups is 1. The molecule has 0 aliphatic rings. The molecule has 0 bridgehead atoms. The van der Waals surface area contributed by atoms with Crippen LogP contribution in [-0.2, 0) is 11.0 Å². The van der Waals surface area contributed by atoms with Gasteiger partial charge in [0.15, 0.2) is 0 Å². The van der Waals surface area contributed by atoms with Crippen LogP contribution in [0, 0.1) is 20.8 Å². The Hall–Kier alpha value is -1.95. The van der Waals surface area contributed by atoms with E-state index in [1.807, 2.05) is 32.9 Å². The topological polar surface area (TPSA) is 29.1 Å². The van der Waals surface area contributed by atoms with E-state index in [9.17, 15) is 18.0 Å². The van der Waals surface area contributed by atoms with E-state index < -0.39 is 17.0 Å². The van der Waals surface area contributed by atoms with Gasteiger partial charge in [0.05, 0.1) is 10.8 Å². The van der Waals surface area contributed by atoms with Crippen molar-refractivity contribution >= 4 is 23.4 Å². The second-order valence-corrected chi connectivity index (χ2v) is 7.46. The summed E-state index contributed by atoms with van der Waals surface area (Å²) < 4.78 is 38.4. The van der Waals surface area contributed by atoms with Crippen molar-refractivity contribution in [2.45, 2.75) is 44.0 Å². The Kier molecular flexibility index (Phi) is 5.83. The van der Waals surface area contributed by atoms with Gasteiger partial charge < -0.3 is 5.32 Å². The number of anilines is 1. The number of nitrogens with one attached hydrogen (secondary N) is 1. The molecule has 0 spiro atoms. The maximum atomic E-state index is 12.8. The van der Waals surface area contributed by atoms with Crippen LogP contribution in [0.4, 0.5) is 18.9 Å². The number of thioether (sulfide) groups is 1. The summed E-state index contributed by atoms with van der Waals surface area (Å²) in [5.41, 5.74) is 3.08. The second-order valence-electron chi connectivity index (χ2n) is 6.05. The minimum Gasteiger partial charge on any atom is -0.325 e. The van der Waals surface area contributed by atoms with Gasteiger partial charge in [0.2, 0.25) is 5.91 Å². The zero-order chi connectivity index (χ0) is 18.8. The third-order valence-corrected chi connectivity index (χ3v) is 4.86. The van der Waals surface area contributed by atoms with E-state index in [1.165, 1.54) is 6.07 Å². The van der Waals surface area contributed by atoms with Crippen LogP contribution in [0.1, 0.15) is 29.2 Å². The molecule has 0 radical (unpaired) electrons. The van der Waals surface area contributed by atoms with Gasteiger partial charge in [-0.2, -0.15) is 13.2 Å². The zero-order valence-electron chi connectivity index (χ0n) is 14.5. The molecule has 1 atom stereocenters. The van der Waals surface area contributed by atoms with Crippen LogP contribution in [0.2, 0.25) is 0 Å². The lowest BCUT2D eigenvalue weighted by Gasteiger charge is -2.16. The van der Waals surface area contributed by atoms with Crippen molar-refractivity contribution in [1.82, 2.24) is 0 Å². The molecule has 6 heteroatoms. The molecule has 2 aromatic rings. The van der Waals surface area contributed by atoms with Crippen LogP contribution in [0.5, 0.6) is 0 Å². The third-order valence-electron chi connectivity index (χ3n) is 3.77. The van der Waals surface area contributed by atoms with E-state index in [4.69, 9.17) is 0 Å². The molecule has 134 valence electrons. The fourth-order valence-corrected chi connectivity index (χ4v) is 3.53. The van der Waals surface area contributed by atoms with Gasteiger partial charge in [0.1, 0.15) is 0 Å². The molecule has 2 rings (SSSR count). The van der Waals surface area contributed by atoms with Gasteiger partial charge in [-0.05, 0) is 57.0 Å². The summed E-state index contributed by atoms with van der Waals surface area (Å²) in [5.74, 6) is -0.238. The number of hydrogen-bond acceptors (Lipinski definition) is 2. The number of halogens is 3. The molecule has 0 aliphatic carbocycles. The van der Waals surface area contributed by atoms with E-state index >= 15 is 0 Å². The third kappa shape index (κ3) is 5.01. The molecule has 0 saturated carbocycles. The Morgan fingerprint density at radius 3 is 2.24 bits per heavy atom. The Morgan fingerprint density at radius 1 is 1.08 bits per heavy atom. The van der Waals surface area contributed by atoms with Crippen molar-refractivity contribution in [3.8, 4) is 0 Å². The average molecular weight is 367 g/mol. The fraction of sp³-hybridized carbons (Fsp3) is 0.316. The molecule has 0 heterocycles. The lowest BCUT2D eigenvalue weighted by Crippen LogP contribution is -2.23. The van der Waals surface area contributed by atoms with Crippen LogP contribution in [-0.4, -0.2) is 11.2 Å². The summed E-state index contributed by atoms with van der Waals surface area (Å²) >= 11 is 1.10. The van der Waals surface area contributed by atoms with E-state index in [2.05, 4.69) is 5.32 Å². The lowest BCUT2D eigenvalue weighted by molar-refractivity contribution is -0.137. The molecular weight excluding hydrogens is 347 g/mol. The van der Waals surface area contributed by atoms with Gasteiger partial charge in [0.25, 0.3) is 0 Å². The first-order valence-electron chi connectivity index (χ1n) is 7.80.